The smallest absolute Gasteiger partial charge is 0.223 e. The molecule has 0 spiro atoms. The topological polar surface area (TPSA) is 56.1 Å². The van der Waals surface area contributed by atoms with Crippen molar-refractivity contribution in [3.8, 4) is 6.07 Å². The number of piperidine rings is 1. The van der Waals surface area contributed by atoms with Gasteiger partial charge >= 0.3 is 0 Å². The molecule has 0 bridgehead atoms. The molecule has 0 unspecified atom stereocenters. The molecule has 0 aromatic carbocycles. The fourth-order valence-electron chi connectivity index (χ4n) is 2.08. The van der Waals surface area contributed by atoms with Crippen LogP contribution in [0.4, 0.5) is 0 Å². The minimum atomic E-state index is 0.286. The lowest BCUT2D eigenvalue weighted by molar-refractivity contribution is -0.131. The summed E-state index contributed by atoms with van der Waals surface area (Å²) in [6.07, 6.45) is 6.79. The number of nitriles is 1. The number of nitrogens with one attached hydrogen (secondary N) is 1. The molecule has 4 nitrogen and oxygen atoms in total. The Balaban J connectivity index is 1.95. The Labute approximate surface area is 104 Å². The number of hydrogen-bond acceptors (Lipinski definition) is 3. The molecule has 0 radical (unpaired) electrons. The third-order valence-corrected chi connectivity index (χ3v) is 3.12. The zero-order valence-corrected chi connectivity index (χ0v) is 10.6. The van der Waals surface area contributed by atoms with Crippen LogP contribution in [-0.2, 0) is 4.79 Å². The van der Waals surface area contributed by atoms with E-state index in [1.807, 2.05) is 4.90 Å². The standard InChI is InChI=1S/C13H23N3O/c14-8-3-1-4-9-15-10-7-13(17)16-11-5-2-6-12-16/h15H,1-7,9-12H2. The number of amides is 1. The lowest BCUT2D eigenvalue weighted by Gasteiger charge is -2.26. The predicted molar refractivity (Wildman–Crippen MR) is 67.4 cm³/mol. The zero-order chi connectivity index (χ0) is 12.3. The van der Waals surface area contributed by atoms with Crippen molar-refractivity contribution in [3.63, 3.8) is 0 Å². The summed E-state index contributed by atoms with van der Waals surface area (Å²) in [6.45, 7) is 3.57. The second-order valence-electron chi connectivity index (χ2n) is 4.56. The summed E-state index contributed by atoms with van der Waals surface area (Å²) in [7, 11) is 0. The average Bonchev–Trinajstić information content (AvgIpc) is 2.38. The first-order valence-electron chi connectivity index (χ1n) is 6.70. The molecule has 1 amide bonds. The van der Waals surface area contributed by atoms with Gasteiger partial charge in [-0.05, 0) is 38.6 Å². The van der Waals surface area contributed by atoms with Crippen molar-refractivity contribution in [2.45, 2.75) is 44.9 Å². The molecule has 0 aromatic rings. The second-order valence-corrected chi connectivity index (χ2v) is 4.56. The van der Waals surface area contributed by atoms with E-state index < -0.39 is 0 Å². The average molecular weight is 237 g/mol. The van der Waals surface area contributed by atoms with Gasteiger partial charge < -0.3 is 10.2 Å². The summed E-state index contributed by atoms with van der Waals surface area (Å²) in [6, 6.07) is 2.13. The second kappa shape index (κ2) is 9.00. The summed E-state index contributed by atoms with van der Waals surface area (Å²) in [5, 5.41) is 11.6. The zero-order valence-electron chi connectivity index (χ0n) is 10.6. The van der Waals surface area contributed by atoms with Gasteiger partial charge in [0.05, 0.1) is 6.07 Å². The highest BCUT2D eigenvalue weighted by molar-refractivity contribution is 5.76. The Morgan fingerprint density at radius 3 is 2.65 bits per heavy atom. The molecule has 1 fully saturated rings. The highest BCUT2D eigenvalue weighted by Gasteiger charge is 2.15. The molecule has 0 atom stereocenters. The number of hydrogen-bond donors (Lipinski definition) is 1. The van der Waals surface area contributed by atoms with Gasteiger partial charge in [0, 0.05) is 32.5 Å². The van der Waals surface area contributed by atoms with Gasteiger partial charge in [0.25, 0.3) is 0 Å². The van der Waals surface area contributed by atoms with Crippen LogP contribution in [0.2, 0.25) is 0 Å². The molecule has 0 aliphatic carbocycles. The van der Waals surface area contributed by atoms with E-state index in [0.717, 1.165) is 51.9 Å². The lowest BCUT2D eigenvalue weighted by Crippen LogP contribution is -2.37. The van der Waals surface area contributed by atoms with E-state index in [9.17, 15) is 4.79 Å². The van der Waals surface area contributed by atoms with Crippen molar-refractivity contribution < 1.29 is 4.79 Å². The van der Waals surface area contributed by atoms with Gasteiger partial charge in [-0.1, -0.05) is 0 Å². The summed E-state index contributed by atoms with van der Waals surface area (Å²) in [5.74, 6) is 0.286. The van der Waals surface area contributed by atoms with Crippen LogP contribution in [0.3, 0.4) is 0 Å². The van der Waals surface area contributed by atoms with Crippen LogP contribution in [0, 0.1) is 11.3 Å². The van der Waals surface area contributed by atoms with Gasteiger partial charge in [-0.15, -0.1) is 0 Å². The Morgan fingerprint density at radius 1 is 1.18 bits per heavy atom. The van der Waals surface area contributed by atoms with Crippen LogP contribution in [0.1, 0.15) is 44.9 Å². The Hall–Kier alpha value is -1.08. The largest absolute Gasteiger partial charge is 0.343 e. The SMILES string of the molecule is N#CCCCCNCCC(=O)N1CCCCC1. The minimum Gasteiger partial charge on any atom is -0.343 e. The van der Waals surface area contributed by atoms with Gasteiger partial charge in [0.1, 0.15) is 0 Å². The lowest BCUT2D eigenvalue weighted by atomic mass is 10.1. The molecule has 1 N–H and O–H groups in total. The Bertz CT molecular complexity index is 254. The first-order valence-corrected chi connectivity index (χ1v) is 6.70. The van der Waals surface area contributed by atoms with Crippen LogP contribution < -0.4 is 5.32 Å². The van der Waals surface area contributed by atoms with Gasteiger partial charge in [0.15, 0.2) is 0 Å². The molecule has 1 rings (SSSR count). The monoisotopic (exact) mass is 237 g/mol. The fourth-order valence-corrected chi connectivity index (χ4v) is 2.08. The summed E-state index contributed by atoms with van der Waals surface area (Å²) < 4.78 is 0. The molecule has 1 aliphatic rings. The van der Waals surface area contributed by atoms with E-state index in [-0.39, 0.29) is 5.91 Å². The third kappa shape index (κ3) is 6.28. The first kappa shape index (κ1) is 14.0. The van der Waals surface area contributed by atoms with Crippen LogP contribution in [-0.4, -0.2) is 37.0 Å². The fraction of sp³-hybridized carbons (Fsp3) is 0.846. The highest BCUT2D eigenvalue weighted by atomic mass is 16.2. The van der Waals surface area contributed by atoms with Crippen molar-refractivity contribution in [3.05, 3.63) is 0 Å². The van der Waals surface area contributed by atoms with Crippen molar-refractivity contribution in [2.24, 2.45) is 0 Å². The summed E-state index contributed by atoms with van der Waals surface area (Å²) in [4.78, 5) is 13.8. The first-order chi connectivity index (χ1) is 8.34. The number of carbonyl (C=O) groups is 1. The van der Waals surface area contributed by atoms with Crippen LogP contribution in [0.25, 0.3) is 0 Å². The molecule has 17 heavy (non-hydrogen) atoms. The molecule has 1 aliphatic heterocycles. The van der Waals surface area contributed by atoms with E-state index in [1.54, 1.807) is 0 Å². The van der Waals surface area contributed by atoms with Crippen molar-refractivity contribution >= 4 is 5.91 Å². The Morgan fingerprint density at radius 2 is 1.94 bits per heavy atom. The molecular weight excluding hydrogens is 214 g/mol. The van der Waals surface area contributed by atoms with E-state index in [0.29, 0.717) is 12.8 Å². The van der Waals surface area contributed by atoms with E-state index in [1.165, 1.54) is 6.42 Å². The molecule has 0 aromatic heterocycles. The summed E-state index contributed by atoms with van der Waals surface area (Å²) in [5.41, 5.74) is 0. The maximum atomic E-state index is 11.8. The maximum absolute atomic E-state index is 11.8. The molecule has 1 heterocycles. The highest BCUT2D eigenvalue weighted by Crippen LogP contribution is 2.09. The van der Waals surface area contributed by atoms with Gasteiger partial charge in [-0.3, -0.25) is 4.79 Å². The number of carbonyl (C=O) groups excluding carboxylic acids is 1. The van der Waals surface area contributed by atoms with Gasteiger partial charge in [0.2, 0.25) is 5.91 Å². The normalized spacial score (nSPS) is 15.6. The molecule has 1 saturated heterocycles. The van der Waals surface area contributed by atoms with Crippen LogP contribution in [0.5, 0.6) is 0 Å². The van der Waals surface area contributed by atoms with Gasteiger partial charge in [-0.2, -0.15) is 5.26 Å². The van der Waals surface area contributed by atoms with E-state index in [4.69, 9.17) is 5.26 Å². The predicted octanol–water partition coefficient (Wildman–Crippen LogP) is 1.67. The quantitative estimate of drug-likeness (QED) is 0.685. The molecule has 96 valence electrons. The summed E-state index contributed by atoms with van der Waals surface area (Å²) >= 11 is 0. The van der Waals surface area contributed by atoms with E-state index >= 15 is 0 Å². The number of nitrogens with zero attached hydrogens (tertiary/aromatic N) is 2. The maximum Gasteiger partial charge on any atom is 0.223 e. The van der Waals surface area contributed by atoms with Crippen molar-refractivity contribution in [2.75, 3.05) is 26.2 Å². The molecule has 4 heteroatoms. The number of likely N-dealkylation sites (tertiary alicyclic amines) is 1. The minimum absolute atomic E-state index is 0.286. The number of rotatable bonds is 7. The van der Waals surface area contributed by atoms with E-state index in [2.05, 4.69) is 11.4 Å². The molecular formula is C13H23N3O. The number of unbranched alkanes of at least 4 members (excludes halogenated alkanes) is 2. The Kier molecular flexibility index (Phi) is 7.40. The van der Waals surface area contributed by atoms with Crippen LogP contribution in [0.15, 0.2) is 0 Å². The third-order valence-electron chi connectivity index (χ3n) is 3.12. The van der Waals surface area contributed by atoms with Crippen molar-refractivity contribution in [1.29, 1.82) is 5.26 Å². The van der Waals surface area contributed by atoms with Crippen LogP contribution >= 0.6 is 0 Å². The van der Waals surface area contributed by atoms with Crippen molar-refractivity contribution in [1.82, 2.24) is 10.2 Å². The van der Waals surface area contributed by atoms with Gasteiger partial charge in [-0.25, -0.2) is 0 Å². The molecule has 0 saturated carbocycles.